The molecular weight excluding hydrogens is 124 g/mol. The number of rotatable bonds is 0. The zero-order valence-electron chi connectivity index (χ0n) is 6.76. The molecule has 10 heavy (non-hydrogen) atoms. The van der Waals surface area contributed by atoms with Crippen LogP contribution in [0.2, 0.25) is 0 Å². The van der Waals surface area contributed by atoms with Gasteiger partial charge in [-0.25, -0.2) is 0 Å². The molecule has 0 heterocycles. The minimum absolute atomic E-state index is 1.00. The van der Waals surface area contributed by atoms with Crippen molar-refractivity contribution < 1.29 is 5.11 Å². The van der Waals surface area contributed by atoms with Gasteiger partial charge < -0.3 is 5.11 Å². The summed E-state index contributed by atoms with van der Waals surface area (Å²) in [6, 6.07) is 8.48. The Balaban J connectivity index is 0.000000371. The maximum absolute atomic E-state index is 7.00. The van der Waals surface area contributed by atoms with Crippen molar-refractivity contribution in [3.05, 3.63) is 35.4 Å². The second-order valence-electron chi connectivity index (χ2n) is 2.15. The molecule has 0 aliphatic heterocycles. The van der Waals surface area contributed by atoms with Crippen molar-refractivity contribution in [1.82, 2.24) is 0 Å². The Bertz CT molecular complexity index is 144. The first kappa shape index (κ1) is 9.18. The summed E-state index contributed by atoms with van der Waals surface area (Å²) in [4.78, 5) is 0. The zero-order chi connectivity index (χ0) is 7.98. The summed E-state index contributed by atoms with van der Waals surface area (Å²) < 4.78 is 0. The molecule has 0 aliphatic carbocycles. The van der Waals surface area contributed by atoms with Crippen molar-refractivity contribution in [1.29, 1.82) is 0 Å². The molecule has 0 spiro atoms. The molecule has 1 aromatic rings. The SMILES string of the molecule is CO.Cc1ccc(C)cc1. The third-order valence-electron chi connectivity index (χ3n) is 1.22. The summed E-state index contributed by atoms with van der Waals surface area (Å²) in [6.45, 7) is 4.19. The molecule has 1 nitrogen and oxygen atoms in total. The van der Waals surface area contributed by atoms with Gasteiger partial charge in [-0.05, 0) is 13.8 Å². The van der Waals surface area contributed by atoms with Crippen LogP contribution < -0.4 is 0 Å². The summed E-state index contributed by atoms with van der Waals surface area (Å²) in [5.74, 6) is 0. The number of aliphatic hydroxyl groups excluding tert-OH is 1. The molecule has 0 bridgehead atoms. The molecule has 0 aliphatic rings. The van der Waals surface area contributed by atoms with Crippen LogP contribution in [0, 0.1) is 13.8 Å². The van der Waals surface area contributed by atoms with Crippen LogP contribution >= 0.6 is 0 Å². The molecule has 1 rings (SSSR count). The van der Waals surface area contributed by atoms with E-state index in [2.05, 4.69) is 38.1 Å². The Morgan fingerprint density at radius 1 is 0.800 bits per heavy atom. The molecular formula is C9H14O. The average Bonchev–Trinajstić information content (AvgIpc) is 2.00. The van der Waals surface area contributed by atoms with Gasteiger partial charge in [0.25, 0.3) is 0 Å². The van der Waals surface area contributed by atoms with E-state index in [1.54, 1.807) is 0 Å². The van der Waals surface area contributed by atoms with E-state index in [1.807, 2.05) is 0 Å². The highest BCUT2D eigenvalue weighted by Crippen LogP contribution is 1.99. The van der Waals surface area contributed by atoms with Gasteiger partial charge in [-0.15, -0.1) is 0 Å². The molecule has 1 heteroatoms. The van der Waals surface area contributed by atoms with Gasteiger partial charge in [0, 0.05) is 7.11 Å². The van der Waals surface area contributed by atoms with Crippen LogP contribution in [0.1, 0.15) is 11.1 Å². The number of hydrogen-bond donors (Lipinski definition) is 1. The maximum atomic E-state index is 7.00. The Morgan fingerprint density at radius 3 is 1.20 bits per heavy atom. The van der Waals surface area contributed by atoms with E-state index < -0.39 is 0 Å². The van der Waals surface area contributed by atoms with Crippen LogP contribution in [-0.2, 0) is 0 Å². The molecule has 0 atom stereocenters. The fourth-order valence-corrected chi connectivity index (χ4v) is 0.637. The minimum Gasteiger partial charge on any atom is -0.400 e. The largest absolute Gasteiger partial charge is 0.400 e. The lowest BCUT2D eigenvalue weighted by Crippen LogP contribution is -1.70. The van der Waals surface area contributed by atoms with Crippen LogP contribution in [-0.4, -0.2) is 12.2 Å². The number of aryl methyl sites for hydroxylation is 2. The van der Waals surface area contributed by atoms with E-state index >= 15 is 0 Å². The van der Waals surface area contributed by atoms with Gasteiger partial charge in [-0.1, -0.05) is 35.4 Å². The normalized spacial score (nSPS) is 8.00. The summed E-state index contributed by atoms with van der Waals surface area (Å²) >= 11 is 0. The molecule has 0 saturated heterocycles. The van der Waals surface area contributed by atoms with Gasteiger partial charge in [0.05, 0.1) is 0 Å². The molecule has 0 unspecified atom stereocenters. The quantitative estimate of drug-likeness (QED) is 0.580. The monoisotopic (exact) mass is 138 g/mol. The minimum atomic E-state index is 1.00. The summed E-state index contributed by atoms with van der Waals surface area (Å²) in [5.41, 5.74) is 2.66. The Labute approximate surface area is 62.3 Å². The third-order valence-corrected chi connectivity index (χ3v) is 1.22. The van der Waals surface area contributed by atoms with Crippen molar-refractivity contribution in [2.45, 2.75) is 13.8 Å². The lowest BCUT2D eigenvalue weighted by molar-refractivity contribution is 0.399. The van der Waals surface area contributed by atoms with E-state index in [9.17, 15) is 0 Å². The first-order valence-electron chi connectivity index (χ1n) is 3.27. The molecule has 0 radical (unpaired) electrons. The van der Waals surface area contributed by atoms with Crippen LogP contribution in [0.3, 0.4) is 0 Å². The summed E-state index contributed by atoms with van der Waals surface area (Å²) in [7, 11) is 1.00. The standard InChI is InChI=1S/C8H10.CH4O/c1-7-3-5-8(2)6-4-7;1-2/h3-6H,1-2H3;2H,1H3. The topological polar surface area (TPSA) is 20.2 Å². The predicted octanol–water partition coefficient (Wildman–Crippen LogP) is 1.91. The van der Waals surface area contributed by atoms with Gasteiger partial charge in [-0.2, -0.15) is 0 Å². The highest BCUT2D eigenvalue weighted by atomic mass is 16.2. The lowest BCUT2D eigenvalue weighted by Gasteiger charge is -1.90. The number of aliphatic hydroxyl groups is 1. The van der Waals surface area contributed by atoms with Gasteiger partial charge in [0.1, 0.15) is 0 Å². The van der Waals surface area contributed by atoms with Gasteiger partial charge in [0.2, 0.25) is 0 Å². The molecule has 1 aromatic carbocycles. The van der Waals surface area contributed by atoms with Gasteiger partial charge >= 0.3 is 0 Å². The maximum Gasteiger partial charge on any atom is 0.0319 e. The van der Waals surface area contributed by atoms with E-state index in [1.165, 1.54) is 11.1 Å². The van der Waals surface area contributed by atoms with Crippen molar-refractivity contribution in [3.8, 4) is 0 Å². The van der Waals surface area contributed by atoms with Crippen LogP contribution in [0.25, 0.3) is 0 Å². The second-order valence-corrected chi connectivity index (χ2v) is 2.15. The van der Waals surface area contributed by atoms with Crippen molar-refractivity contribution in [2.75, 3.05) is 7.11 Å². The first-order valence-corrected chi connectivity index (χ1v) is 3.27. The molecule has 0 amide bonds. The summed E-state index contributed by atoms with van der Waals surface area (Å²) in [5, 5.41) is 7.00. The van der Waals surface area contributed by atoms with E-state index in [-0.39, 0.29) is 0 Å². The lowest BCUT2D eigenvalue weighted by atomic mass is 10.2. The average molecular weight is 138 g/mol. The Kier molecular flexibility index (Phi) is 4.59. The smallest absolute Gasteiger partial charge is 0.0319 e. The third kappa shape index (κ3) is 3.25. The van der Waals surface area contributed by atoms with Gasteiger partial charge in [0.15, 0.2) is 0 Å². The summed E-state index contributed by atoms with van der Waals surface area (Å²) in [6.07, 6.45) is 0. The highest BCUT2D eigenvalue weighted by molar-refractivity contribution is 5.19. The van der Waals surface area contributed by atoms with E-state index in [0.717, 1.165) is 7.11 Å². The molecule has 0 aromatic heterocycles. The molecule has 1 N–H and O–H groups in total. The Hall–Kier alpha value is -0.820. The number of hydrogen-bond acceptors (Lipinski definition) is 1. The second kappa shape index (κ2) is 5.00. The van der Waals surface area contributed by atoms with Gasteiger partial charge in [-0.3, -0.25) is 0 Å². The highest BCUT2D eigenvalue weighted by Gasteiger charge is 1.79. The van der Waals surface area contributed by atoms with Crippen molar-refractivity contribution in [3.63, 3.8) is 0 Å². The molecule has 0 fully saturated rings. The van der Waals surface area contributed by atoms with E-state index in [0.29, 0.717) is 0 Å². The van der Waals surface area contributed by atoms with Crippen LogP contribution in [0.5, 0.6) is 0 Å². The fraction of sp³-hybridized carbons (Fsp3) is 0.333. The Morgan fingerprint density at radius 2 is 1.00 bits per heavy atom. The first-order chi connectivity index (χ1) is 4.79. The van der Waals surface area contributed by atoms with Crippen molar-refractivity contribution in [2.24, 2.45) is 0 Å². The zero-order valence-corrected chi connectivity index (χ0v) is 6.76. The fourth-order valence-electron chi connectivity index (χ4n) is 0.637. The predicted molar refractivity (Wildman–Crippen MR) is 44.1 cm³/mol. The van der Waals surface area contributed by atoms with Crippen LogP contribution in [0.4, 0.5) is 0 Å². The van der Waals surface area contributed by atoms with E-state index in [4.69, 9.17) is 5.11 Å². The van der Waals surface area contributed by atoms with Crippen LogP contribution in [0.15, 0.2) is 24.3 Å². The van der Waals surface area contributed by atoms with Crippen molar-refractivity contribution >= 4 is 0 Å². The molecule has 0 saturated carbocycles. The molecule has 56 valence electrons. The number of benzene rings is 1.